The van der Waals surface area contributed by atoms with E-state index >= 15 is 0 Å². The highest BCUT2D eigenvalue weighted by Crippen LogP contribution is 2.34. The van der Waals surface area contributed by atoms with Gasteiger partial charge in [-0.05, 0) is 98.0 Å². The molecule has 2 aliphatic rings. The zero-order valence-corrected chi connectivity index (χ0v) is 22.3. The van der Waals surface area contributed by atoms with Crippen LogP contribution in [-0.4, -0.2) is 42.4 Å². The third-order valence-corrected chi connectivity index (χ3v) is 10.4. The number of rotatable bonds is 14. The van der Waals surface area contributed by atoms with Crippen molar-refractivity contribution in [3.63, 3.8) is 0 Å². The average molecular weight is 499 g/mol. The van der Waals surface area contributed by atoms with Gasteiger partial charge in [-0.1, -0.05) is 26.7 Å². The second-order valence-electron chi connectivity index (χ2n) is 10.8. The molecule has 4 unspecified atom stereocenters. The van der Waals surface area contributed by atoms with E-state index in [0.717, 1.165) is 67.6 Å². The van der Waals surface area contributed by atoms with E-state index in [1.807, 2.05) is 12.2 Å². The topological polar surface area (TPSA) is 104 Å². The van der Waals surface area contributed by atoms with Crippen molar-refractivity contribution < 1.29 is 24.1 Å². The third kappa shape index (κ3) is 8.77. The number of allylic oxidation sites excluding steroid dienone is 4. The quantitative estimate of drug-likeness (QED) is 0.239. The molecule has 0 amide bonds. The SMILES string of the molecule is CC(C)(CO)CCCCC1CC=C(C=CC2CC=C(CCCCC(C)(C)C(=O)O)[S+]2[O-])[S+]1[O-]. The van der Waals surface area contributed by atoms with Gasteiger partial charge in [-0.25, -0.2) is 0 Å². The van der Waals surface area contributed by atoms with Crippen molar-refractivity contribution in [3.05, 3.63) is 34.1 Å². The zero-order valence-electron chi connectivity index (χ0n) is 20.7. The van der Waals surface area contributed by atoms with Crippen molar-refractivity contribution in [3.8, 4) is 0 Å². The minimum Gasteiger partial charge on any atom is -0.611 e. The molecule has 0 aromatic rings. The summed E-state index contributed by atoms with van der Waals surface area (Å²) in [6.45, 7) is 7.82. The maximum atomic E-state index is 12.8. The van der Waals surface area contributed by atoms with E-state index in [-0.39, 0.29) is 22.5 Å². The van der Waals surface area contributed by atoms with E-state index in [1.165, 1.54) is 0 Å². The largest absolute Gasteiger partial charge is 0.611 e. The number of aliphatic carboxylic acids is 1. The summed E-state index contributed by atoms with van der Waals surface area (Å²) in [6, 6.07) is 0. The van der Waals surface area contributed by atoms with E-state index in [2.05, 4.69) is 26.0 Å². The second-order valence-corrected chi connectivity index (χ2v) is 14.3. The monoisotopic (exact) mass is 498 g/mol. The first-order valence-electron chi connectivity index (χ1n) is 12.2. The molecule has 0 saturated heterocycles. The molecule has 0 bridgehead atoms. The zero-order chi connectivity index (χ0) is 24.6. The number of unbranched alkanes of at least 4 members (excludes halogenated alkanes) is 2. The molecule has 0 aromatic carbocycles. The van der Waals surface area contributed by atoms with Gasteiger partial charge in [0.15, 0.2) is 0 Å². The number of aliphatic hydroxyl groups is 1. The summed E-state index contributed by atoms with van der Waals surface area (Å²) in [5.74, 6) is -0.775. The molecule has 5 nitrogen and oxygen atoms in total. The summed E-state index contributed by atoms with van der Waals surface area (Å²) in [5, 5.41) is 18.7. The first-order chi connectivity index (χ1) is 15.5. The van der Waals surface area contributed by atoms with Crippen molar-refractivity contribution in [2.45, 2.75) is 102 Å². The summed E-state index contributed by atoms with van der Waals surface area (Å²) in [4.78, 5) is 13.0. The molecule has 7 heteroatoms. The highest BCUT2D eigenvalue weighted by molar-refractivity contribution is 7.96. The van der Waals surface area contributed by atoms with Crippen molar-refractivity contribution in [2.24, 2.45) is 10.8 Å². The van der Waals surface area contributed by atoms with Gasteiger partial charge in [-0.15, -0.1) is 0 Å². The number of carboxylic acid groups (broad SMARTS) is 1. The minimum atomic E-state index is -1.06. The lowest BCUT2D eigenvalue weighted by molar-refractivity contribution is -0.147. The Hall–Kier alpha value is -0.730. The van der Waals surface area contributed by atoms with Crippen LogP contribution in [0.1, 0.15) is 91.9 Å². The van der Waals surface area contributed by atoms with Gasteiger partial charge in [0.2, 0.25) is 0 Å². The Bertz CT molecular complexity index is 741. The summed E-state index contributed by atoms with van der Waals surface area (Å²) in [7, 11) is 0. The summed E-state index contributed by atoms with van der Waals surface area (Å²) in [6.07, 6.45) is 16.5. The van der Waals surface area contributed by atoms with Gasteiger partial charge < -0.3 is 19.3 Å². The van der Waals surface area contributed by atoms with Gasteiger partial charge in [0.25, 0.3) is 0 Å². The van der Waals surface area contributed by atoms with Crippen molar-refractivity contribution in [1.29, 1.82) is 0 Å². The number of carbonyl (C=O) groups is 1. The molecular weight excluding hydrogens is 456 g/mol. The lowest BCUT2D eigenvalue weighted by atomic mass is 9.87. The molecule has 0 aliphatic carbocycles. The van der Waals surface area contributed by atoms with Crippen LogP contribution in [0.4, 0.5) is 0 Å². The average Bonchev–Trinajstić information content (AvgIpc) is 3.29. The number of hydrogen-bond acceptors (Lipinski definition) is 4. The Morgan fingerprint density at radius 3 is 2.42 bits per heavy atom. The molecule has 0 spiro atoms. The highest BCUT2D eigenvalue weighted by atomic mass is 32.2. The van der Waals surface area contributed by atoms with Gasteiger partial charge in [0.1, 0.15) is 20.3 Å². The summed E-state index contributed by atoms with van der Waals surface area (Å²) < 4.78 is 25.6. The molecule has 2 heterocycles. The van der Waals surface area contributed by atoms with Gasteiger partial charge >= 0.3 is 5.97 Å². The molecule has 0 fully saturated rings. The highest BCUT2D eigenvalue weighted by Gasteiger charge is 2.33. The predicted molar refractivity (Wildman–Crippen MR) is 138 cm³/mol. The standard InChI is InChI=1S/C26H42O5S2/c1-25(2,19-27)17-7-5-9-20-11-13-22(32(20)30)15-16-23-14-12-21(33(23)31)10-6-8-18-26(3,4)24(28)29/h12-13,15-16,20,23,27H,5-11,14,17-19H2,1-4H3,(H,28,29). The molecule has 2 N–H and O–H groups in total. The third-order valence-electron chi connectivity index (χ3n) is 6.81. The van der Waals surface area contributed by atoms with Crippen LogP contribution in [0.2, 0.25) is 0 Å². The molecule has 0 saturated carbocycles. The lowest BCUT2D eigenvalue weighted by Gasteiger charge is -2.21. The van der Waals surface area contributed by atoms with E-state index < -0.39 is 33.7 Å². The predicted octanol–water partition coefficient (Wildman–Crippen LogP) is 5.60. The summed E-state index contributed by atoms with van der Waals surface area (Å²) in [5.41, 5.74) is -0.757. The first kappa shape index (κ1) is 28.5. The Kier molecular flexibility index (Phi) is 11.1. The molecule has 0 radical (unpaired) electrons. The number of hydrogen-bond donors (Lipinski definition) is 2. The smallest absolute Gasteiger partial charge is 0.309 e. The van der Waals surface area contributed by atoms with Crippen LogP contribution in [0.25, 0.3) is 0 Å². The van der Waals surface area contributed by atoms with E-state index in [1.54, 1.807) is 13.8 Å². The van der Waals surface area contributed by atoms with Crippen LogP contribution in [0.5, 0.6) is 0 Å². The van der Waals surface area contributed by atoms with E-state index in [9.17, 15) is 24.1 Å². The Morgan fingerprint density at radius 2 is 1.76 bits per heavy atom. The van der Waals surface area contributed by atoms with Gasteiger partial charge in [0.05, 0.1) is 5.41 Å². The van der Waals surface area contributed by atoms with Crippen LogP contribution in [-0.2, 0) is 27.1 Å². The van der Waals surface area contributed by atoms with Crippen LogP contribution < -0.4 is 0 Å². The first-order valence-corrected chi connectivity index (χ1v) is 14.6. The van der Waals surface area contributed by atoms with Gasteiger partial charge in [-0.2, -0.15) is 0 Å². The second kappa shape index (κ2) is 12.8. The minimum absolute atomic E-state index is 0.0418. The van der Waals surface area contributed by atoms with Crippen molar-refractivity contribution in [1.82, 2.24) is 0 Å². The Labute approximate surface area is 206 Å². The normalized spacial score (nSPS) is 26.2. The number of aliphatic hydroxyl groups excluding tert-OH is 1. The fourth-order valence-corrected chi connectivity index (χ4v) is 7.16. The van der Waals surface area contributed by atoms with Crippen molar-refractivity contribution in [2.75, 3.05) is 6.61 Å². The fourth-order valence-electron chi connectivity index (χ4n) is 4.16. The number of carboxylic acids is 1. The lowest BCUT2D eigenvalue weighted by Crippen LogP contribution is -2.23. The van der Waals surface area contributed by atoms with E-state index in [4.69, 9.17) is 0 Å². The molecule has 188 valence electrons. The van der Waals surface area contributed by atoms with Crippen LogP contribution in [0.3, 0.4) is 0 Å². The Balaban J connectivity index is 1.71. The van der Waals surface area contributed by atoms with Crippen molar-refractivity contribution >= 4 is 28.3 Å². The molecule has 4 atom stereocenters. The van der Waals surface area contributed by atoms with Crippen LogP contribution in [0.15, 0.2) is 34.1 Å². The molecule has 0 aromatic heterocycles. The maximum Gasteiger partial charge on any atom is 0.309 e. The van der Waals surface area contributed by atoms with E-state index in [0.29, 0.717) is 6.42 Å². The molecular formula is C26H42O5S2. The van der Waals surface area contributed by atoms with Gasteiger partial charge in [0, 0.05) is 25.9 Å². The summed E-state index contributed by atoms with van der Waals surface area (Å²) >= 11 is -2.06. The van der Waals surface area contributed by atoms with Crippen LogP contribution >= 0.6 is 0 Å². The maximum absolute atomic E-state index is 12.8. The van der Waals surface area contributed by atoms with Gasteiger partial charge in [-0.3, -0.25) is 4.79 Å². The molecule has 2 rings (SSSR count). The molecule has 33 heavy (non-hydrogen) atoms. The fraction of sp³-hybridized carbons (Fsp3) is 0.731. The molecule has 2 aliphatic heterocycles. The Morgan fingerprint density at radius 1 is 1.06 bits per heavy atom. The van der Waals surface area contributed by atoms with Crippen LogP contribution in [0, 0.1) is 10.8 Å².